The molecular formula is C24H25N3O5. The highest BCUT2D eigenvalue weighted by molar-refractivity contribution is 5.93. The molecule has 0 spiro atoms. The van der Waals surface area contributed by atoms with Crippen LogP contribution < -0.4 is 15.6 Å². The van der Waals surface area contributed by atoms with Gasteiger partial charge in [0.1, 0.15) is 0 Å². The molecule has 3 rings (SSSR count). The van der Waals surface area contributed by atoms with E-state index < -0.39 is 24.0 Å². The number of hydrogen-bond donors (Lipinski definition) is 1. The minimum atomic E-state index is -0.750. The number of hydrogen-bond acceptors (Lipinski definition) is 6. The van der Waals surface area contributed by atoms with Crippen LogP contribution in [0.4, 0.5) is 5.69 Å². The smallest absolute Gasteiger partial charge is 0.362 e. The van der Waals surface area contributed by atoms with Gasteiger partial charge in [0.25, 0.3) is 11.5 Å². The van der Waals surface area contributed by atoms with Crippen molar-refractivity contribution in [2.45, 2.75) is 27.7 Å². The highest BCUT2D eigenvalue weighted by Crippen LogP contribution is 2.20. The molecule has 3 aromatic rings. The number of para-hydroxylation sites is 1. The molecular weight excluding hydrogens is 410 g/mol. The van der Waals surface area contributed by atoms with Crippen LogP contribution in [0, 0.1) is 20.8 Å². The van der Waals surface area contributed by atoms with Crippen LogP contribution in [0.5, 0.6) is 5.75 Å². The maximum Gasteiger partial charge on any atom is 0.362 e. The lowest BCUT2D eigenvalue weighted by molar-refractivity contribution is -0.118. The summed E-state index contributed by atoms with van der Waals surface area (Å²) in [6.45, 7) is 7.05. The Morgan fingerprint density at radius 3 is 2.47 bits per heavy atom. The number of amides is 1. The quantitative estimate of drug-likeness (QED) is 0.572. The first-order chi connectivity index (χ1) is 15.3. The first kappa shape index (κ1) is 22.7. The normalized spacial score (nSPS) is 10.5. The molecule has 1 heterocycles. The van der Waals surface area contributed by atoms with Crippen molar-refractivity contribution in [1.82, 2.24) is 9.78 Å². The summed E-state index contributed by atoms with van der Waals surface area (Å²) in [5.74, 6) is -1.30. The van der Waals surface area contributed by atoms with E-state index in [1.165, 1.54) is 0 Å². The lowest BCUT2D eigenvalue weighted by Gasteiger charge is -2.14. The Bertz CT molecular complexity index is 1220. The summed E-state index contributed by atoms with van der Waals surface area (Å²) < 4.78 is 11.7. The number of nitrogens with one attached hydrogen (secondary N) is 1. The summed E-state index contributed by atoms with van der Waals surface area (Å²) >= 11 is 0. The molecule has 0 radical (unpaired) electrons. The molecule has 8 heteroatoms. The number of esters is 1. The second kappa shape index (κ2) is 9.91. The van der Waals surface area contributed by atoms with Gasteiger partial charge in [-0.25, -0.2) is 4.79 Å². The molecule has 1 aromatic heterocycles. The molecule has 2 aromatic carbocycles. The van der Waals surface area contributed by atoms with Crippen LogP contribution in [0.15, 0.2) is 53.3 Å². The molecule has 0 unspecified atom stereocenters. The SMILES string of the molecule is CCOC(=O)c1nn(-c2ccccc2C)c(=O)cc1OCC(=O)Nc1cccc(C)c1C. The Kier molecular flexibility index (Phi) is 7.04. The minimum Gasteiger partial charge on any atom is -0.481 e. The van der Waals surface area contributed by atoms with E-state index in [1.54, 1.807) is 25.1 Å². The fourth-order valence-electron chi connectivity index (χ4n) is 3.08. The molecule has 0 saturated heterocycles. The van der Waals surface area contributed by atoms with E-state index in [4.69, 9.17) is 9.47 Å². The van der Waals surface area contributed by atoms with Crippen molar-refractivity contribution < 1.29 is 19.1 Å². The van der Waals surface area contributed by atoms with Crippen LogP contribution in [0.2, 0.25) is 0 Å². The van der Waals surface area contributed by atoms with Gasteiger partial charge >= 0.3 is 5.97 Å². The number of carbonyl (C=O) groups is 2. The summed E-state index contributed by atoms with van der Waals surface area (Å²) in [5.41, 5.74) is 3.29. The van der Waals surface area contributed by atoms with Crippen molar-refractivity contribution in [3.63, 3.8) is 0 Å². The number of rotatable bonds is 7. The van der Waals surface area contributed by atoms with Crippen LogP contribution in [-0.2, 0) is 9.53 Å². The molecule has 8 nitrogen and oxygen atoms in total. The van der Waals surface area contributed by atoms with Gasteiger partial charge in [-0.1, -0.05) is 30.3 Å². The Balaban J connectivity index is 1.88. The highest BCUT2D eigenvalue weighted by Gasteiger charge is 2.21. The maximum atomic E-state index is 12.7. The Morgan fingerprint density at radius 2 is 1.75 bits per heavy atom. The van der Waals surface area contributed by atoms with Gasteiger partial charge in [-0.15, -0.1) is 0 Å². The van der Waals surface area contributed by atoms with E-state index >= 15 is 0 Å². The summed E-state index contributed by atoms with van der Waals surface area (Å²) in [6, 6.07) is 13.9. The van der Waals surface area contributed by atoms with Crippen molar-refractivity contribution in [3.05, 3.63) is 81.3 Å². The van der Waals surface area contributed by atoms with E-state index in [1.807, 2.05) is 45.0 Å². The van der Waals surface area contributed by atoms with Gasteiger partial charge in [-0.2, -0.15) is 9.78 Å². The van der Waals surface area contributed by atoms with Crippen molar-refractivity contribution in [1.29, 1.82) is 0 Å². The number of benzene rings is 2. The zero-order chi connectivity index (χ0) is 23.3. The Labute approximate surface area is 185 Å². The summed E-state index contributed by atoms with van der Waals surface area (Å²) in [4.78, 5) is 37.6. The van der Waals surface area contributed by atoms with E-state index in [0.29, 0.717) is 11.4 Å². The molecule has 0 aliphatic carbocycles. The van der Waals surface area contributed by atoms with E-state index in [2.05, 4.69) is 10.4 Å². The zero-order valence-corrected chi connectivity index (χ0v) is 18.5. The zero-order valence-electron chi connectivity index (χ0n) is 18.5. The molecule has 0 fully saturated rings. The van der Waals surface area contributed by atoms with Gasteiger partial charge < -0.3 is 14.8 Å². The topological polar surface area (TPSA) is 99.5 Å². The van der Waals surface area contributed by atoms with Crippen LogP contribution >= 0.6 is 0 Å². The van der Waals surface area contributed by atoms with Crippen LogP contribution in [0.25, 0.3) is 5.69 Å². The van der Waals surface area contributed by atoms with E-state index in [9.17, 15) is 14.4 Å². The molecule has 0 bridgehead atoms. The maximum absolute atomic E-state index is 12.7. The first-order valence-electron chi connectivity index (χ1n) is 10.2. The van der Waals surface area contributed by atoms with Gasteiger partial charge in [-0.05, 0) is 56.5 Å². The molecule has 0 saturated carbocycles. The Morgan fingerprint density at radius 1 is 1.03 bits per heavy atom. The number of aryl methyl sites for hydroxylation is 2. The summed E-state index contributed by atoms with van der Waals surface area (Å²) in [6.07, 6.45) is 0. The highest BCUT2D eigenvalue weighted by atomic mass is 16.5. The average Bonchev–Trinajstić information content (AvgIpc) is 2.76. The Hall–Kier alpha value is -3.94. The minimum absolute atomic E-state index is 0.116. The predicted molar refractivity (Wildman–Crippen MR) is 121 cm³/mol. The van der Waals surface area contributed by atoms with Gasteiger partial charge in [0.05, 0.1) is 18.4 Å². The van der Waals surface area contributed by atoms with Crippen molar-refractivity contribution in [3.8, 4) is 11.4 Å². The fourth-order valence-corrected chi connectivity index (χ4v) is 3.08. The largest absolute Gasteiger partial charge is 0.481 e. The van der Waals surface area contributed by atoms with Crippen molar-refractivity contribution in [2.24, 2.45) is 0 Å². The second-order valence-electron chi connectivity index (χ2n) is 7.20. The average molecular weight is 435 g/mol. The third-order valence-corrected chi connectivity index (χ3v) is 4.95. The number of nitrogens with zero attached hydrogens (tertiary/aromatic N) is 2. The lowest BCUT2D eigenvalue weighted by atomic mass is 10.1. The predicted octanol–water partition coefficient (Wildman–Crippen LogP) is 3.35. The summed E-state index contributed by atoms with van der Waals surface area (Å²) in [7, 11) is 0. The van der Waals surface area contributed by atoms with Gasteiger partial charge in [0, 0.05) is 5.69 Å². The molecule has 1 amide bonds. The van der Waals surface area contributed by atoms with Gasteiger partial charge in [0.2, 0.25) is 5.69 Å². The van der Waals surface area contributed by atoms with Crippen LogP contribution in [0.3, 0.4) is 0 Å². The van der Waals surface area contributed by atoms with E-state index in [-0.39, 0.29) is 18.1 Å². The molecule has 0 aliphatic heterocycles. The monoisotopic (exact) mass is 435 g/mol. The number of anilines is 1. The van der Waals surface area contributed by atoms with Crippen molar-refractivity contribution in [2.75, 3.05) is 18.5 Å². The van der Waals surface area contributed by atoms with Gasteiger partial charge in [-0.3, -0.25) is 9.59 Å². The van der Waals surface area contributed by atoms with Crippen LogP contribution in [-0.4, -0.2) is 34.9 Å². The molecule has 32 heavy (non-hydrogen) atoms. The fraction of sp³-hybridized carbons (Fsp3) is 0.250. The molecule has 166 valence electrons. The summed E-state index contributed by atoms with van der Waals surface area (Å²) in [5, 5.41) is 6.95. The lowest BCUT2D eigenvalue weighted by Crippen LogP contribution is -2.27. The molecule has 0 aliphatic rings. The number of carbonyl (C=O) groups excluding carboxylic acids is 2. The van der Waals surface area contributed by atoms with E-state index in [0.717, 1.165) is 27.4 Å². The molecule has 0 atom stereocenters. The molecule has 1 N–H and O–H groups in total. The third kappa shape index (κ3) is 5.03. The number of ether oxygens (including phenoxy) is 2. The van der Waals surface area contributed by atoms with Crippen LogP contribution in [0.1, 0.15) is 34.1 Å². The second-order valence-corrected chi connectivity index (χ2v) is 7.20. The van der Waals surface area contributed by atoms with Gasteiger partial charge in [0.15, 0.2) is 12.4 Å². The first-order valence-corrected chi connectivity index (χ1v) is 10.2. The standard InChI is InChI=1S/C24H25N3O5/c1-5-31-24(30)23-20(13-22(29)27(26-23)19-12-7-6-9-16(19)3)32-14-21(28)25-18-11-8-10-15(2)17(18)4/h6-13H,5,14H2,1-4H3,(H,25,28). The number of aromatic nitrogens is 2. The van der Waals surface area contributed by atoms with Crippen molar-refractivity contribution >= 4 is 17.6 Å². The third-order valence-electron chi connectivity index (χ3n) is 4.95.